The van der Waals surface area contributed by atoms with Crippen LogP contribution in [-0.4, -0.2) is 23.8 Å². The van der Waals surface area contributed by atoms with Crippen LogP contribution in [0.3, 0.4) is 0 Å². The van der Waals surface area contributed by atoms with E-state index in [0.717, 1.165) is 19.4 Å². The summed E-state index contributed by atoms with van der Waals surface area (Å²) in [6.07, 6.45) is 1.68. The van der Waals surface area contributed by atoms with E-state index in [2.05, 4.69) is 38.5 Å². The standard InChI is InChI=1S/C30H20BrFIN3O4S/c1-2-39-29(38)24-25(17-6-4-3-5-7-17)35-30-36(26(24)18-8-10-21(32)11-9-18)28(37)23(41-30)15-19-14-20(31)16-22(33)27(19)40-13-12-34/h3-11,14-16,26H,2,13H2,1H3/b23-15-/t26-/m1/s1. The van der Waals surface area contributed by atoms with Gasteiger partial charge in [-0.2, -0.15) is 5.26 Å². The molecular formula is C30H20BrFIN3O4S. The van der Waals surface area contributed by atoms with Crippen molar-refractivity contribution in [1.82, 2.24) is 4.57 Å². The highest BCUT2D eigenvalue weighted by Gasteiger charge is 2.35. The van der Waals surface area contributed by atoms with E-state index in [1.807, 2.05) is 42.5 Å². The predicted octanol–water partition coefficient (Wildman–Crippen LogP) is 5.34. The van der Waals surface area contributed by atoms with Crippen LogP contribution >= 0.6 is 49.9 Å². The van der Waals surface area contributed by atoms with Crippen molar-refractivity contribution >= 4 is 67.6 Å². The van der Waals surface area contributed by atoms with Gasteiger partial charge in [-0.25, -0.2) is 14.2 Å². The van der Waals surface area contributed by atoms with Gasteiger partial charge in [0.2, 0.25) is 0 Å². The molecule has 0 spiro atoms. The molecule has 0 saturated heterocycles. The van der Waals surface area contributed by atoms with Gasteiger partial charge in [-0.1, -0.05) is 69.7 Å². The fourth-order valence-corrected chi connectivity index (χ4v) is 7.18. The average molecular weight is 744 g/mol. The third kappa shape index (κ3) is 5.91. The zero-order chi connectivity index (χ0) is 29.1. The normalized spacial score (nSPS) is 14.7. The number of nitriles is 1. The number of halogens is 3. The summed E-state index contributed by atoms with van der Waals surface area (Å²) in [6.45, 7) is 1.67. The van der Waals surface area contributed by atoms with E-state index in [1.54, 1.807) is 31.2 Å². The highest BCUT2D eigenvalue weighted by atomic mass is 127. The maximum absolute atomic E-state index is 14.1. The smallest absolute Gasteiger partial charge is 0.338 e. The molecule has 0 N–H and O–H groups in total. The Labute approximate surface area is 260 Å². The number of fused-ring (bicyclic) bond motifs is 1. The van der Waals surface area contributed by atoms with Gasteiger partial charge in [-0.15, -0.1) is 0 Å². The van der Waals surface area contributed by atoms with Gasteiger partial charge in [0.05, 0.1) is 32.0 Å². The Bertz CT molecular complexity index is 1900. The summed E-state index contributed by atoms with van der Waals surface area (Å²) in [4.78, 5) is 32.7. The van der Waals surface area contributed by atoms with Crippen LogP contribution in [0, 0.1) is 20.7 Å². The topological polar surface area (TPSA) is 93.7 Å². The van der Waals surface area contributed by atoms with E-state index in [1.165, 1.54) is 16.7 Å². The Morgan fingerprint density at radius 1 is 1.22 bits per heavy atom. The molecule has 0 fully saturated rings. The Balaban J connectivity index is 1.82. The van der Waals surface area contributed by atoms with Gasteiger partial charge in [0.15, 0.2) is 11.4 Å². The molecule has 11 heteroatoms. The van der Waals surface area contributed by atoms with Crippen LogP contribution in [0.2, 0.25) is 0 Å². The third-order valence-electron chi connectivity index (χ3n) is 6.16. The van der Waals surface area contributed by atoms with Gasteiger partial charge in [0.1, 0.15) is 17.6 Å². The van der Waals surface area contributed by atoms with Gasteiger partial charge < -0.3 is 9.47 Å². The molecule has 0 aliphatic carbocycles. The summed E-state index contributed by atoms with van der Waals surface area (Å²) < 4.78 is 28.4. The van der Waals surface area contributed by atoms with Gasteiger partial charge in [0.25, 0.3) is 5.56 Å². The van der Waals surface area contributed by atoms with Crippen molar-refractivity contribution in [2.24, 2.45) is 4.99 Å². The largest absolute Gasteiger partial charge is 0.477 e. The maximum atomic E-state index is 14.1. The van der Waals surface area contributed by atoms with E-state index in [4.69, 9.17) is 19.7 Å². The number of thiazole rings is 1. The van der Waals surface area contributed by atoms with Crippen molar-refractivity contribution in [2.75, 3.05) is 13.2 Å². The number of hydrogen-bond donors (Lipinski definition) is 0. The summed E-state index contributed by atoms with van der Waals surface area (Å²) in [5.41, 5.74) is 1.96. The summed E-state index contributed by atoms with van der Waals surface area (Å²) in [5.74, 6) is -0.596. The van der Waals surface area contributed by atoms with E-state index < -0.39 is 23.4 Å². The van der Waals surface area contributed by atoms with Gasteiger partial charge in [-0.05, 0) is 65.4 Å². The molecule has 0 saturated carbocycles. The number of carbonyl (C=O) groups excluding carboxylic acids is 1. The highest BCUT2D eigenvalue weighted by molar-refractivity contribution is 14.1. The van der Waals surface area contributed by atoms with Crippen molar-refractivity contribution in [3.05, 3.63) is 123 Å². The van der Waals surface area contributed by atoms with Crippen LogP contribution in [0.25, 0.3) is 11.8 Å². The number of nitrogens with zero attached hydrogens (tertiary/aromatic N) is 3. The number of carbonyl (C=O) groups is 1. The van der Waals surface area contributed by atoms with Gasteiger partial charge in [0, 0.05) is 15.6 Å². The number of benzene rings is 3. The van der Waals surface area contributed by atoms with Crippen LogP contribution in [0.1, 0.15) is 29.7 Å². The lowest BCUT2D eigenvalue weighted by atomic mass is 9.93. The minimum absolute atomic E-state index is 0.123. The summed E-state index contributed by atoms with van der Waals surface area (Å²) in [7, 11) is 0. The van der Waals surface area contributed by atoms with Crippen LogP contribution in [0.5, 0.6) is 5.75 Å². The fraction of sp³-hybridized carbons (Fsp3) is 0.133. The SMILES string of the molecule is CCOC(=O)C1=C(c2ccccc2)N=c2s/c(=C\c3cc(Br)cc(I)c3OCC#N)c(=O)n2[C@@H]1c1ccc(F)cc1. The molecule has 0 bridgehead atoms. The second kappa shape index (κ2) is 12.5. The first-order chi connectivity index (χ1) is 19.8. The number of hydrogen-bond acceptors (Lipinski definition) is 7. The minimum atomic E-state index is -0.916. The predicted molar refractivity (Wildman–Crippen MR) is 165 cm³/mol. The molecule has 2 heterocycles. The molecule has 0 unspecified atom stereocenters. The lowest BCUT2D eigenvalue weighted by molar-refractivity contribution is -0.138. The highest BCUT2D eigenvalue weighted by Crippen LogP contribution is 2.35. The maximum Gasteiger partial charge on any atom is 0.338 e. The molecule has 3 aromatic carbocycles. The molecule has 1 aliphatic rings. The number of rotatable bonds is 7. The first-order valence-electron chi connectivity index (χ1n) is 12.3. The molecule has 1 atom stereocenters. The summed E-state index contributed by atoms with van der Waals surface area (Å²) >= 11 is 6.76. The molecule has 7 nitrogen and oxygen atoms in total. The molecule has 41 heavy (non-hydrogen) atoms. The minimum Gasteiger partial charge on any atom is -0.477 e. The first kappa shape index (κ1) is 28.9. The molecule has 0 radical (unpaired) electrons. The molecule has 206 valence electrons. The van der Waals surface area contributed by atoms with E-state index in [9.17, 15) is 14.0 Å². The van der Waals surface area contributed by atoms with Crippen molar-refractivity contribution in [2.45, 2.75) is 13.0 Å². The van der Waals surface area contributed by atoms with Crippen LogP contribution < -0.4 is 19.6 Å². The summed E-state index contributed by atoms with van der Waals surface area (Å²) in [5, 5.41) is 9.06. The Morgan fingerprint density at radius 3 is 2.63 bits per heavy atom. The fourth-order valence-electron chi connectivity index (χ4n) is 4.49. The Kier molecular flexibility index (Phi) is 8.82. The van der Waals surface area contributed by atoms with Crippen molar-refractivity contribution in [1.29, 1.82) is 5.26 Å². The van der Waals surface area contributed by atoms with Gasteiger partial charge in [-0.3, -0.25) is 9.36 Å². The van der Waals surface area contributed by atoms with Crippen LogP contribution in [0.4, 0.5) is 4.39 Å². The quantitative estimate of drug-likeness (QED) is 0.188. The van der Waals surface area contributed by atoms with Gasteiger partial charge >= 0.3 is 5.97 Å². The molecule has 5 rings (SSSR count). The lowest BCUT2D eigenvalue weighted by Gasteiger charge is -2.25. The molecule has 4 aromatic rings. The Morgan fingerprint density at radius 2 is 1.95 bits per heavy atom. The van der Waals surface area contributed by atoms with E-state index in [0.29, 0.717) is 37.5 Å². The van der Waals surface area contributed by atoms with Crippen molar-refractivity contribution < 1.29 is 18.7 Å². The van der Waals surface area contributed by atoms with Crippen molar-refractivity contribution in [3.8, 4) is 11.8 Å². The number of aromatic nitrogens is 1. The van der Waals surface area contributed by atoms with Crippen LogP contribution in [0.15, 0.2) is 86.6 Å². The zero-order valence-electron chi connectivity index (χ0n) is 21.4. The second-order valence-electron chi connectivity index (χ2n) is 8.74. The monoisotopic (exact) mass is 743 g/mol. The first-order valence-corrected chi connectivity index (χ1v) is 15.0. The van der Waals surface area contributed by atoms with E-state index in [-0.39, 0.29) is 18.8 Å². The molecule has 1 aromatic heterocycles. The third-order valence-corrected chi connectivity index (χ3v) is 8.41. The van der Waals surface area contributed by atoms with E-state index >= 15 is 0 Å². The zero-order valence-corrected chi connectivity index (χ0v) is 26.0. The molecule has 1 aliphatic heterocycles. The Hall–Kier alpha value is -3.60. The number of ether oxygens (including phenoxy) is 2. The lowest BCUT2D eigenvalue weighted by Crippen LogP contribution is -2.40. The molecular weight excluding hydrogens is 724 g/mol. The van der Waals surface area contributed by atoms with Crippen molar-refractivity contribution in [3.63, 3.8) is 0 Å². The van der Waals surface area contributed by atoms with Crippen LogP contribution in [-0.2, 0) is 9.53 Å². The summed E-state index contributed by atoms with van der Waals surface area (Å²) in [6, 6.07) is 19.6. The second-order valence-corrected chi connectivity index (χ2v) is 11.8. The number of esters is 1. The molecule has 0 amide bonds. The average Bonchev–Trinajstić information content (AvgIpc) is 3.27.